The number of rotatable bonds is 6. The van der Waals surface area contributed by atoms with Crippen LogP contribution in [0.5, 0.6) is 5.75 Å². The maximum Gasteiger partial charge on any atom is 0.251 e. The Morgan fingerprint density at radius 3 is 2.37 bits per heavy atom. The minimum Gasteiger partial charge on any atom is -0.496 e. The molecule has 1 N–H and O–H groups in total. The molecule has 6 nitrogen and oxygen atoms in total. The standard InChI is InChI=1S/C23H30N2O4S/c1-16-11-13-25(14-12-16)30(27,28)20-8-6-19(7-9-20)23(26)24-18(3)21-15-17(2)5-10-22(21)29-4/h5-10,15-16,18H,11-14H2,1-4H3,(H,24,26). The van der Waals surface area contributed by atoms with E-state index in [9.17, 15) is 13.2 Å². The van der Waals surface area contributed by atoms with Crippen molar-refractivity contribution in [3.63, 3.8) is 0 Å². The summed E-state index contributed by atoms with van der Waals surface area (Å²) in [5.74, 6) is 1.00. The van der Waals surface area contributed by atoms with Gasteiger partial charge in [-0.15, -0.1) is 0 Å². The molecule has 1 saturated heterocycles. The van der Waals surface area contributed by atoms with E-state index >= 15 is 0 Å². The van der Waals surface area contributed by atoms with Crippen molar-refractivity contribution in [2.24, 2.45) is 5.92 Å². The quantitative estimate of drug-likeness (QED) is 0.754. The highest BCUT2D eigenvalue weighted by Crippen LogP contribution is 2.27. The van der Waals surface area contributed by atoms with Crippen molar-refractivity contribution in [2.45, 2.75) is 44.6 Å². The third-order valence-electron chi connectivity index (χ3n) is 5.70. The molecule has 1 unspecified atom stereocenters. The van der Waals surface area contributed by atoms with Gasteiger partial charge in [-0.25, -0.2) is 8.42 Å². The summed E-state index contributed by atoms with van der Waals surface area (Å²) in [6.45, 7) is 7.11. The number of piperidine rings is 1. The van der Waals surface area contributed by atoms with Gasteiger partial charge in [0.05, 0.1) is 18.0 Å². The summed E-state index contributed by atoms with van der Waals surface area (Å²) in [6.07, 6.45) is 1.75. The molecule has 1 heterocycles. The smallest absolute Gasteiger partial charge is 0.251 e. The number of methoxy groups -OCH3 is 1. The number of hydrogen-bond acceptors (Lipinski definition) is 4. The number of nitrogens with one attached hydrogen (secondary N) is 1. The van der Waals surface area contributed by atoms with E-state index in [1.807, 2.05) is 32.0 Å². The number of hydrogen-bond donors (Lipinski definition) is 1. The van der Waals surface area contributed by atoms with Gasteiger partial charge in [0.25, 0.3) is 5.91 Å². The molecule has 2 aromatic carbocycles. The first-order chi connectivity index (χ1) is 14.2. The second-order valence-electron chi connectivity index (χ2n) is 8.05. The summed E-state index contributed by atoms with van der Waals surface area (Å²) in [4.78, 5) is 12.9. The molecule has 2 aromatic rings. The molecule has 0 aliphatic carbocycles. The number of amides is 1. The first-order valence-electron chi connectivity index (χ1n) is 10.3. The second-order valence-corrected chi connectivity index (χ2v) is 9.99. The number of carbonyl (C=O) groups excluding carboxylic acids is 1. The van der Waals surface area contributed by atoms with Crippen LogP contribution in [0, 0.1) is 12.8 Å². The van der Waals surface area contributed by atoms with E-state index in [0.717, 1.165) is 24.0 Å². The molecular formula is C23H30N2O4S. The van der Waals surface area contributed by atoms with E-state index in [1.165, 1.54) is 16.4 Å². The fourth-order valence-electron chi connectivity index (χ4n) is 3.70. The average molecular weight is 431 g/mol. The van der Waals surface area contributed by atoms with Crippen molar-refractivity contribution in [3.8, 4) is 5.75 Å². The van der Waals surface area contributed by atoms with Gasteiger partial charge in [-0.2, -0.15) is 4.31 Å². The topological polar surface area (TPSA) is 75.7 Å². The lowest BCUT2D eigenvalue weighted by Crippen LogP contribution is -2.37. The van der Waals surface area contributed by atoms with E-state index in [-0.39, 0.29) is 16.8 Å². The summed E-state index contributed by atoms with van der Waals surface area (Å²) >= 11 is 0. The van der Waals surface area contributed by atoms with Crippen LogP contribution in [0.25, 0.3) is 0 Å². The van der Waals surface area contributed by atoms with Crippen molar-refractivity contribution in [2.75, 3.05) is 20.2 Å². The molecule has 1 fully saturated rings. The number of ether oxygens (including phenoxy) is 1. The average Bonchev–Trinajstić information content (AvgIpc) is 2.74. The monoisotopic (exact) mass is 430 g/mol. The number of nitrogens with zero attached hydrogens (tertiary/aromatic N) is 1. The highest BCUT2D eigenvalue weighted by atomic mass is 32.2. The summed E-state index contributed by atoms with van der Waals surface area (Å²) < 4.78 is 32.6. The second kappa shape index (κ2) is 9.18. The van der Waals surface area contributed by atoms with Crippen molar-refractivity contribution in [1.29, 1.82) is 0 Å². The Morgan fingerprint density at radius 2 is 1.77 bits per heavy atom. The minimum atomic E-state index is -3.52. The van der Waals surface area contributed by atoms with Crippen LogP contribution < -0.4 is 10.1 Å². The molecule has 1 amide bonds. The number of carbonyl (C=O) groups is 1. The van der Waals surface area contributed by atoms with Gasteiger partial charge in [-0.05, 0) is 62.9 Å². The molecule has 0 radical (unpaired) electrons. The molecule has 1 aliphatic heterocycles. The first-order valence-corrected chi connectivity index (χ1v) is 11.7. The third-order valence-corrected chi connectivity index (χ3v) is 7.61. The molecular weight excluding hydrogens is 400 g/mol. The molecule has 162 valence electrons. The van der Waals surface area contributed by atoms with Gasteiger partial charge in [0.15, 0.2) is 0 Å². The van der Waals surface area contributed by atoms with Crippen LogP contribution >= 0.6 is 0 Å². The first kappa shape index (κ1) is 22.3. The summed E-state index contributed by atoms with van der Waals surface area (Å²) in [7, 11) is -1.92. The van der Waals surface area contributed by atoms with E-state index in [2.05, 4.69) is 12.2 Å². The van der Waals surface area contributed by atoms with Gasteiger partial charge in [0.1, 0.15) is 5.75 Å². The lowest BCUT2D eigenvalue weighted by atomic mass is 10.0. The van der Waals surface area contributed by atoms with Gasteiger partial charge in [0.2, 0.25) is 10.0 Å². The van der Waals surface area contributed by atoms with Crippen LogP contribution in [-0.4, -0.2) is 38.8 Å². The summed E-state index contributed by atoms with van der Waals surface area (Å²) in [5.41, 5.74) is 2.39. The normalized spacial score (nSPS) is 16.8. The van der Waals surface area contributed by atoms with E-state index in [1.54, 1.807) is 19.2 Å². The Labute approximate surface area is 179 Å². The number of aryl methyl sites for hydroxylation is 1. The number of sulfonamides is 1. The fourth-order valence-corrected chi connectivity index (χ4v) is 5.17. The Bertz CT molecular complexity index is 994. The van der Waals surface area contributed by atoms with Gasteiger partial charge in [-0.3, -0.25) is 4.79 Å². The summed E-state index contributed by atoms with van der Waals surface area (Å²) in [6, 6.07) is 11.7. The highest BCUT2D eigenvalue weighted by Gasteiger charge is 2.28. The molecule has 30 heavy (non-hydrogen) atoms. The largest absolute Gasteiger partial charge is 0.496 e. The van der Waals surface area contributed by atoms with Gasteiger partial charge >= 0.3 is 0 Å². The summed E-state index contributed by atoms with van der Waals surface area (Å²) in [5, 5.41) is 2.96. The van der Waals surface area contributed by atoms with Gasteiger partial charge < -0.3 is 10.1 Å². The Kier molecular flexibility index (Phi) is 6.83. The minimum absolute atomic E-state index is 0.224. The van der Waals surface area contributed by atoms with Crippen LogP contribution in [-0.2, 0) is 10.0 Å². The molecule has 7 heteroatoms. The van der Waals surface area contributed by atoms with Crippen molar-refractivity contribution < 1.29 is 17.9 Å². The Morgan fingerprint density at radius 1 is 1.13 bits per heavy atom. The lowest BCUT2D eigenvalue weighted by molar-refractivity contribution is 0.0939. The lowest BCUT2D eigenvalue weighted by Gasteiger charge is -2.29. The molecule has 3 rings (SSSR count). The Hall–Kier alpha value is -2.38. The maximum absolute atomic E-state index is 12.9. The molecule has 0 bridgehead atoms. The SMILES string of the molecule is COc1ccc(C)cc1C(C)NC(=O)c1ccc(S(=O)(=O)N2CCC(C)CC2)cc1. The molecule has 1 aliphatic rings. The number of benzene rings is 2. The maximum atomic E-state index is 12.9. The van der Waals surface area contributed by atoms with Crippen LogP contribution in [0.3, 0.4) is 0 Å². The van der Waals surface area contributed by atoms with Crippen LogP contribution in [0.2, 0.25) is 0 Å². The zero-order chi connectivity index (χ0) is 21.9. The van der Waals surface area contributed by atoms with Crippen molar-refractivity contribution >= 4 is 15.9 Å². The molecule has 1 atom stereocenters. The van der Waals surface area contributed by atoms with E-state index in [4.69, 9.17) is 4.74 Å². The van der Waals surface area contributed by atoms with Crippen LogP contribution in [0.1, 0.15) is 54.2 Å². The molecule has 0 aromatic heterocycles. The highest BCUT2D eigenvalue weighted by molar-refractivity contribution is 7.89. The van der Waals surface area contributed by atoms with E-state index in [0.29, 0.717) is 30.3 Å². The van der Waals surface area contributed by atoms with Gasteiger partial charge in [0, 0.05) is 24.2 Å². The van der Waals surface area contributed by atoms with Crippen molar-refractivity contribution in [1.82, 2.24) is 9.62 Å². The third kappa shape index (κ3) is 4.84. The zero-order valence-electron chi connectivity index (χ0n) is 18.0. The van der Waals surface area contributed by atoms with Gasteiger partial charge in [-0.1, -0.05) is 24.6 Å². The predicted molar refractivity (Wildman–Crippen MR) is 117 cm³/mol. The van der Waals surface area contributed by atoms with Crippen LogP contribution in [0.15, 0.2) is 47.4 Å². The zero-order valence-corrected chi connectivity index (χ0v) is 18.8. The molecule has 0 saturated carbocycles. The Balaban J connectivity index is 1.72. The predicted octanol–water partition coefficient (Wildman–Crippen LogP) is 3.92. The van der Waals surface area contributed by atoms with Crippen molar-refractivity contribution in [3.05, 3.63) is 59.2 Å². The van der Waals surface area contributed by atoms with E-state index < -0.39 is 10.0 Å². The fraction of sp³-hybridized carbons (Fsp3) is 0.435. The van der Waals surface area contributed by atoms with Crippen LogP contribution in [0.4, 0.5) is 0 Å². The molecule has 0 spiro atoms.